The van der Waals surface area contributed by atoms with Crippen molar-refractivity contribution in [3.05, 3.63) is 53.6 Å². The van der Waals surface area contributed by atoms with Crippen LogP contribution in [0.2, 0.25) is 0 Å². The van der Waals surface area contributed by atoms with Crippen LogP contribution in [0.15, 0.2) is 36.9 Å². The Hall–Kier alpha value is -1.83. The second-order valence-electron chi connectivity index (χ2n) is 6.32. The van der Waals surface area contributed by atoms with E-state index in [4.69, 9.17) is 0 Å². The van der Waals surface area contributed by atoms with Gasteiger partial charge in [0.1, 0.15) is 5.75 Å². The average Bonchev–Trinajstić information content (AvgIpc) is 2.53. The summed E-state index contributed by atoms with van der Waals surface area (Å²) in [5.41, 5.74) is 2.84. The Balaban J connectivity index is 3.31. The molecule has 0 spiro atoms. The molecule has 0 aromatic heterocycles. The molecule has 1 unspecified atom stereocenters. The van der Waals surface area contributed by atoms with Gasteiger partial charge in [-0.1, -0.05) is 58.3 Å². The van der Waals surface area contributed by atoms with Crippen LogP contribution in [-0.2, 0) is 12.8 Å². The maximum Gasteiger partial charge on any atom is 0.188 e. The van der Waals surface area contributed by atoms with Gasteiger partial charge in [0.15, 0.2) is 5.78 Å². The smallest absolute Gasteiger partial charge is 0.188 e. The monoisotopic (exact) mass is 314 g/mol. The highest BCUT2D eigenvalue weighted by Crippen LogP contribution is 2.31. The number of phenolic OH excluding ortho intramolecular Hbond substituents is 1. The number of hydrogen-bond donors (Lipinski definition) is 1. The number of allylic oxidation sites excluding steroid dienone is 2. The zero-order valence-electron chi connectivity index (χ0n) is 14.8. The Morgan fingerprint density at radius 2 is 2.04 bits per heavy atom. The topological polar surface area (TPSA) is 37.3 Å². The molecule has 23 heavy (non-hydrogen) atoms. The molecular weight excluding hydrogens is 284 g/mol. The second kappa shape index (κ2) is 9.34. The van der Waals surface area contributed by atoms with Crippen LogP contribution in [0, 0.1) is 5.92 Å². The summed E-state index contributed by atoms with van der Waals surface area (Å²) in [6, 6.07) is 3.53. The number of aromatic hydroxyl groups is 1. The number of carbonyl (C=O) groups is 1. The molecule has 2 heteroatoms. The fourth-order valence-corrected chi connectivity index (χ4v) is 2.95. The number of hydrogen-bond acceptors (Lipinski definition) is 2. The summed E-state index contributed by atoms with van der Waals surface area (Å²) in [6.45, 7) is 13.7. The highest BCUT2D eigenvalue weighted by atomic mass is 16.3. The normalized spacial score (nSPS) is 12.0. The lowest BCUT2D eigenvalue weighted by molar-refractivity contribution is 0.103. The third-order valence-electron chi connectivity index (χ3n) is 4.39. The van der Waals surface area contributed by atoms with Crippen LogP contribution in [0.3, 0.4) is 0 Å². The fourth-order valence-electron chi connectivity index (χ4n) is 2.95. The number of Topliss-reactive ketones (excluding diaryl/α,β-unsaturated/α-hetero) is 1. The van der Waals surface area contributed by atoms with E-state index in [-0.39, 0.29) is 11.5 Å². The number of rotatable bonds is 10. The van der Waals surface area contributed by atoms with Gasteiger partial charge in [0.2, 0.25) is 0 Å². The van der Waals surface area contributed by atoms with Gasteiger partial charge in [-0.05, 0) is 42.9 Å². The summed E-state index contributed by atoms with van der Waals surface area (Å²) in [5.74, 6) is 0.631. The van der Waals surface area contributed by atoms with Gasteiger partial charge in [0, 0.05) is 11.1 Å². The Kier molecular flexibility index (Phi) is 7.80. The fraction of sp³-hybridized carbons (Fsp3) is 0.476. The minimum absolute atomic E-state index is 0.0712. The maximum absolute atomic E-state index is 12.7. The van der Waals surface area contributed by atoms with Crippen LogP contribution in [0.1, 0.15) is 67.9 Å². The van der Waals surface area contributed by atoms with Crippen LogP contribution in [0.25, 0.3) is 0 Å². The molecule has 2 nitrogen and oxygen atoms in total. The van der Waals surface area contributed by atoms with Gasteiger partial charge >= 0.3 is 0 Å². The maximum atomic E-state index is 12.7. The van der Waals surface area contributed by atoms with E-state index < -0.39 is 0 Å². The van der Waals surface area contributed by atoms with Crippen LogP contribution < -0.4 is 0 Å². The second-order valence-corrected chi connectivity index (χ2v) is 6.32. The summed E-state index contributed by atoms with van der Waals surface area (Å²) in [5, 5.41) is 10.4. The zero-order valence-corrected chi connectivity index (χ0v) is 14.8. The van der Waals surface area contributed by atoms with E-state index in [1.54, 1.807) is 19.1 Å². The molecule has 0 amide bonds. The summed E-state index contributed by atoms with van der Waals surface area (Å²) in [6.07, 6.45) is 7.66. The van der Waals surface area contributed by atoms with E-state index in [0.717, 1.165) is 36.8 Å². The van der Waals surface area contributed by atoms with Crippen LogP contribution >= 0.6 is 0 Å². The number of carbonyl (C=O) groups excluding carboxylic acids is 1. The van der Waals surface area contributed by atoms with Gasteiger partial charge in [-0.25, -0.2) is 0 Å². The van der Waals surface area contributed by atoms with Crippen molar-refractivity contribution in [2.75, 3.05) is 0 Å². The van der Waals surface area contributed by atoms with Crippen LogP contribution in [0.4, 0.5) is 0 Å². The Labute approximate surface area is 140 Å². The molecule has 0 aliphatic rings. The van der Waals surface area contributed by atoms with Crippen molar-refractivity contribution >= 4 is 5.78 Å². The van der Waals surface area contributed by atoms with E-state index in [2.05, 4.69) is 27.0 Å². The molecule has 1 N–H and O–H groups in total. The Morgan fingerprint density at radius 1 is 1.35 bits per heavy atom. The first kappa shape index (κ1) is 19.2. The highest BCUT2D eigenvalue weighted by molar-refractivity contribution is 6.10. The number of benzene rings is 1. The molecule has 1 aromatic rings. The van der Waals surface area contributed by atoms with Gasteiger partial charge in [-0.2, -0.15) is 0 Å². The standard InChI is InChI=1S/C21H30O2/c1-6-9-11-16(8-3)14-18-19(22)13-12-17(10-7-2)20(18)21(23)15(4)5/h7,12-13,16,22H,2,4,6,8-11,14H2,1,3,5H3. The molecule has 1 atom stereocenters. The predicted molar refractivity (Wildman–Crippen MR) is 98.2 cm³/mol. The van der Waals surface area contributed by atoms with Crippen molar-refractivity contribution in [3.63, 3.8) is 0 Å². The van der Waals surface area contributed by atoms with Gasteiger partial charge in [-0.15, -0.1) is 6.58 Å². The first-order valence-corrected chi connectivity index (χ1v) is 8.60. The van der Waals surface area contributed by atoms with Crippen molar-refractivity contribution < 1.29 is 9.90 Å². The summed E-state index contributed by atoms with van der Waals surface area (Å²) in [7, 11) is 0. The van der Waals surface area contributed by atoms with Crippen molar-refractivity contribution in [1.29, 1.82) is 0 Å². The summed E-state index contributed by atoms with van der Waals surface area (Å²) in [4.78, 5) is 12.7. The van der Waals surface area contributed by atoms with Gasteiger partial charge in [0.25, 0.3) is 0 Å². The number of phenols is 1. The van der Waals surface area contributed by atoms with Crippen molar-refractivity contribution in [2.45, 2.75) is 59.3 Å². The van der Waals surface area contributed by atoms with Crippen LogP contribution in [-0.4, -0.2) is 10.9 Å². The lowest BCUT2D eigenvalue weighted by Crippen LogP contribution is -2.13. The van der Waals surface area contributed by atoms with Crippen molar-refractivity contribution in [3.8, 4) is 5.75 Å². The minimum atomic E-state index is -0.0712. The SMILES string of the molecule is C=CCc1ccc(O)c(CC(CC)CCCC)c1C(=O)C(=C)C. The molecule has 0 fully saturated rings. The van der Waals surface area contributed by atoms with Crippen molar-refractivity contribution in [2.24, 2.45) is 5.92 Å². The van der Waals surface area contributed by atoms with Crippen LogP contribution in [0.5, 0.6) is 5.75 Å². The van der Waals surface area contributed by atoms with E-state index in [9.17, 15) is 9.90 Å². The first-order valence-electron chi connectivity index (χ1n) is 8.60. The van der Waals surface area contributed by atoms with E-state index in [1.165, 1.54) is 6.42 Å². The van der Waals surface area contributed by atoms with Gasteiger partial charge < -0.3 is 5.11 Å². The predicted octanol–water partition coefficient (Wildman–Crippen LogP) is 5.64. The molecule has 0 radical (unpaired) electrons. The Bertz CT molecular complexity index is 569. The number of unbranched alkanes of at least 4 members (excludes halogenated alkanes) is 1. The zero-order chi connectivity index (χ0) is 17.4. The molecule has 0 heterocycles. The van der Waals surface area contributed by atoms with E-state index >= 15 is 0 Å². The largest absolute Gasteiger partial charge is 0.508 e. The molecule has 0 saturated carbocycles. The van der Waals surface area contributed by atoms with Gasteiger partial charge in [-0.3, -0.25) is 4.79 Å². The highest BCUT2D eigenvalue weighted by Gasteiger charge is 2.21. The molecule has 0 saturated heterocycles. The quantitative estimate of drug-likeness (QED) is 0.345. The summed E-state index contributed by atoms with van der Waals surface area (Å²) >= 11 is 0. The minimum Gasteiger partial charge on any atom is -0.508 e. The summed E-state index contributed by atoms with van der Waals surface area (Å²) < 4.78 is 0. The molecule has 0 aliphatic carbocycles. The third-order valence-corrected chi connectivity index (χ3v) is 4.39. The molecule has 1 rings (SSSR count). The third kappa shape index (κ3) is 5.09. The molecule has 0 aliphatic heterocycles. The average molecular weight is 314 g/mol. The molecular formula is C21H30O2. The van der Waals surface area contributed by atoms with E-state index in [1.807, 2.05) is 6.07 Å². The van der Waals surface area contributed by atoms with E-state index in [0.29, 0.717) is 23.5 Å². The van der Waals surface area contributed by atoms with Crippen molar-refractivity contribution in [1.82, 2.24) is 0 Å². The lowest BCUT2D eigenvalue weighted by atomic mass is 9.85. The first-order chi connectivity index (χ1) is 11.0. The molecule has 0 bridgehead atoms. The van der Waals surface area contributed by atoms with Gasteiger partial charge in [0.05, 0.1) is 0 Å². The Morgan fingerprint density at radius 3 is 2.57 bits per heavy atom. The lowest BCUT2D eigenvalue weighted by Gasteiger charge is -2.20. The molecule has 1 aromatic carbocycles. The number of ketones is 1. The molecule has 126 valence electrons.